The smallest absolute Gasteiger partial charge is 0.270 e. The van der Waals surface area contributed by atoms with Crippen LogP contribution in [0.4, 0.5) is 4.39 Å². The van der Waals surface area contributed by atoms with Gasteiger partial charge in [0.15, 0.2) is 5.84 Å². The van der Waals surface area contributed by atoms with Crippen LogP contribution in [0.15, 0.2) is 59.0 Å². The molecule has 204 valence electrons. The van der Waals surface area contributed by atoms with Crippen LogP contribution in [0, 0.1) is 12.7 Å². The van der Waals surface area contributed by atoms with Crippen molar-refractivity contribution in [2.45, 2.75) is 66.0 Å². The van der Waals surface area contributed by atoms with Crippen LogP contribution in [0.1, 0.15) is 78.6 Å². The molecule has 1 aliphatic rings. The Labute approximate surface area is 222 Å². The highest BCUT2D eigenvalue weighted by Gasteiger charge is 2.18. The summed E-state index contributed by atoms with van der Waals surface area (Å²) in [7, 11) is 0. The second-order valence-corrected chi connectivity index (χ2v) is 8.57. The van der Waals surface area contributed by atoms with E-state index in [-0.39, 0.29) is 29.8 Å². The number of nitrogens with one attached hydrogen (secondary N) is 3. The van der Waals surface area contributed by atoms with Gasteiger partial charge in [0.05, 0.1) is 0 Å². The van der Waals surface area contributed by atoms with Crippen LogP contribution in [0.5, 0.6) is 0 Å². The van der Waals surface area contributed by atoms with Crippen molar-refractivity contribution in [3.05, 3.63) is 82.2 Å². The zero-order valence-electron chi connectivity index (χ0n) is 22.3. The molecule has 0 radical (unpaired) electrons. The maximum Gasteiger partial charge on any atom is 0.270 e. The Morgan fingerprint density at radius 3 is 2.50 bits per heavy atom. The molecule has 10 nitrogen and oxygen atoms in total. The number of aryl methyl sites for hydroxylation is 1. The van der Waals surface area contributed by atoms with Crippen LogP contribution in [-0.2, 0) is 6.54 Å². The molecule has 7 N–H and O–H groups in total. The maximum absolute atomic E-state index is 13.4. The average molecular weight is 525 g/mol. The Kier molecular flexibility index (Phi) is 12.0. The predicted octanol–water partition coefficient (Wildman–Crippen LogP) is 3.16. The Morgan fingerprint density at radius 2 is 1.84 bits per heavy atom. The van der Waals surface area contributed by atoms with E-state index in [2.05, 4.69) is 31.1 Å². The molecule has 3 rings (SSSR count). The highest BCUT2D eigenvalue weighted by molar-refractivity contribution is 6.01. The molecule has 0 aliphatic heterocycles. The van der Waals surface area contributed by atoms with Crippen molar-refractivity contribution in [1.29, 1.82) is 0 Å². The van der Waals surface area contributed by atoms with Gasteiger partial charge in [-0.3, -0.25) is 9.59 Å². The first-order valence-corrected chi connectivity index (χ1v) is 12.6. The molecule has 0 spiro atoms. The fraction of sp³-hybridized carbons (Fsp3) is 0.370. The van der Waals surface area contributed by atoms with Gasteiger partial charge in [0.2, 0.25) is 0 Å². The Bertz CT molecular complexity index is 1210. The first kappa shape index (κ1) is 30.1. The molecule has 1 aromatic carbocycles. The second kappa shape index (κ2) is 15.2. The van der Waals surface area contributed by atoms with E-state index in [1.807, 2.05) is 32.9 Å². The predicted molar refractivity (Wildman–Crippen MR) is 146 cm³/mol. The summed E-state index contributed by atoms with van der Waals surface area (Å²) in [6.07, 6.45) is 7.97. The van der Waals surface area contributed by atoms with E-state index >= 15 is 0 Å². The van der Waals surface area contributed by atoms with Gasteiger partial charge in [-0.05, 0) is 56.7 Å². The lowest BCUT2D eigenvalue weighted by molar-refractivity contribution is 0.0929. The number of nitrogens with two attached hydrogens (primary N) is 2. The Balaban J connectivity index is 0.00000247. The highest BCUT2D eigenvalue weighted by atomic mass is 19.1. The van der Waals surface area contributed by atoms with Crippen LogP contribution >= 0.6 is 0 Å². The lowest BCUT2D eigenvalue weighted by Crippen LogP contribution is -2.35. The molecule has 2 amide bonds. The lowest BCUT2D eigenvalue weighted by Gasteiger charge is -2.16. The molecule has 0 fully saturated rings. The minimum atomic E-state index is -0.459. The van der Waals surface area contributed by atoms with Crippen molar-refractivity contribution in [2.75, 3.05) is 0 Å². The summed E-state index contributed by atoms with van der Waals surface area (Å²) in [5, 5.41) is 9.41. The van der Waals surface area contributed by atoms with Gasteiger partial charge in [0.1, 0.15) is 23.5 Å². The van der Waals surface area contributed by atoms with Crippen LogP contribution in [0.2, 0.25) is 0 Å². The van der Waals surface area contributed by atoms with Gasteiger partial charge in [-0.15, -0.1) is 0 Å². The zero-order chi connectivity index (χ0) is 28.1. The van der Waals surface area contributed by atoms with Gasteiger partial charge in [0.25, 0.3) is 11.8 Å². The van der Waals surface area contributed by atoms with Crippen LogP contribution in [-0.4, -0.2) is 33.7 Å². The molecule has 11 heteroatoms. The summed E-state index contributed by atoms with van der Waals surface area (Å²) < 4.78 is 13.4. The van der Waals surface area contributed by atoms with E-state index in [0.717, 1.165) is 36.0 Å². The third-order valence-corrected chi connectivity index (χ3v) is 5.93. The number of allylic oxidation sites excluding steroid dienone is 1. The molecule has 0 bridgehead atoms. The number of nitrogens with zero attached hydrogens (tertiary/aromatic N) is 3. The number of amidine groups is 1. The number of carbonyl (C=O) groups excluding carboxylic acids is 2. The summed E-state index contributed by atoms with van der Waals surface area (Å²) in [4.78, 5) is 33.5. The molecule has 0 saturated heterocycles. The maximum atomic E-state index is 13.4. The van der Waals surface area contributed by atoms with Gasteiger partial charge in [-0.2, -0.15) is 5.10 Å². The van der Waals surface area contributed by atoms with Crippen LogP contribution in [0.25, 0.3) is 0 Å². The van der Waals surface area contributed by atoms with Crippen molar-refractivity contribution in [1.82, 2.24) is 26.0 Å². The SMILES string of the molecule is C/C1=C(\C(=N\N)NN)/C=C\CC(NC(=O)c2cc(C(=O)NCc3ccc(F)c(C)c3)ncn2)CCC1.CC. The van der Waals surface area contributed by atoms with Crippen molar-refractivity contribution >= 4 is 17.6 Å². The number of aromatic nitrogens is 2. The quantitative estimate of drug-likeness (QED) is 0.168. The van der Waals surface area contributed by atoms with Crippen molar-refractivity contribution in [3.63, 3.8) is 0 Å². The number of rotatable bonds is 6. The lowest BCUT2D eigenvalue weighted by atomic mass is 10.0. The van der Waals surface area contributed by atoms with Gasteiger partial charge in [-0.1, -0.05) is 43.7 Å². The molecular weight excluding hydrogens is 487 g/mol. The van der Waals surface area contributed by atoms with Gasteiger partial charge < -0.3 is 21.9 Å². The minimum absolute atomic E-state index is 0.0655. The Morgan fingerprint density at radius 1 is 1.13 bits per heavy atom. The van der Waals surface area contributed by atoms with Crippen LogP contribution < -0.4 is 27.7 Å². The van der Waals surface area contributed by atoms with Crippen molar-refractivity contribution < 1.29 is 14.0 Å². The van der Waals surface area contributed by atoms with E-state index in [1.54, 1.807) is 19.1 Å². The van der Waals surface area contributed by atoms with E-state index < -0.39 is 11.8 Å². The normalized spacial score (nSPS) is 18.6. The first-order valence-electron chi connectivity index (χ1n) is 12.6. The summed E-state index contributed by atoms with van der Waals surface area (Å²) in [6, 6.07) is 5.85. The van der Waals surface area contributed by atoms with Crippen molar-refractivity contribution in [2.24, 2.45) is 16.8 Å². The fourth-order valence-electron chi connectivity index (χ4n) is 3.91. The zero-order valence-corrected chi connectivity index (χ0v) is 22.3. The number of carbonyl (C=O) groups is 2. The second-order valence-electron chi connectivity index (χ2n) is 8.57. The van der Waals surface area contributed by atoms with E-state index in [0.29, 0.717) is 17.8 Å². The minimum Gasteiger partial charge on any atom is -0.348 e. The molecule has 38 heavy (non-hydrogen) atoms. The number of halogens is 1. The molecular formula is C27H37FN8O2. The highest BCUT2D eigenvalue weighted by Crippen LogP contribution is 2.19. The van der Waals surface area contributed by atoms with Gasteiger partial charge in [0, 0.05) is 24.2 Å². The molecule has 1 unspecified atom stereocenters. The topological polar surface area (TPSA) is 160 Å². The number of hydrogen-bond acceptors (Lipinski definition) is 7. The van der Waals surface area contributed by atoms with E-state index in [4.69, 9.17) is 11.7 Å². The van der Waals surface area contributed by atoms with E-state index in [1.165, 1.54) is 18.5 Å². The molecule has 1 heterocycles. The summed E-state index contributed by atoms with van der Waals surface area (Å²) in [6.45, 7) is 7.85. The largest absolute Gasteiger partial charge is 0.348 e. The third-order valence-electron chi connectivity index (χ3n) is 5.93. The third kappa shape index (κ3) is 8.48. The number of hydrogen-bond donors (Lipinski definition) is 5. The van der Waals surface area contributed by atoms with E-state index in [9.17, 15) is 14.0 Å². The summed E-state index contributed by atoms with van der Waals surface area (Å²) >= 11 is 0. The molecule has 1 atom stereocenters. The number of hydrazine groups is 1. The molecule has 1 aromatic heterocycles. The monoisotopic (exact) mass is 524 g/mol. The Hall–Kier alpha value is -4.12. The fourth-order valence-corrected chi connectivity index (χ4v) is 3.91. The number of amides is 2. The molecule has 2 aromatic rings. The van der Waals surface area contributed by atoms with Crippen molar-refractivity contribution in [3.8, 4) is 0 Å². The summed E-state index contributed by atoms with van der Waals surface area (Å²) in [5.74, 6) is 10.2. The van der Waals surface area contributed by atoms with Gasteiger partial charge >= 0.3 is 0 Å². The first-order chi connectivity index (χ1) is 18.3. The van der Waals surface area contributed by atoms with Crippen LogP contribution in [0.3, 0.4) is 0 Å². The standard InChI is InChI=1S/C25H31FN8O2.C2H6/c1-15-5-3-6-18(7-4-8-19(15)23(33-27)34-28)32-25(36)22-12-21(30-14-31-22)24(35)29-13-17-9-10-20(26)16(2)11-17;1-2/h4,8-12,14,18H,3,5-7,13,27-28H2,1-2H3,(H,29,35)(H,32,36)(H,33,34);1-2H3/b8-4-,19-15+;. The average Bonchev–Trinajstić information content (AvgIpc) is 3.02. The number of hydrazone groups is 1. The number of benzene rings is 1. The molecule has 1 aliphatic carbocycles. The molecule has 0 saturated carbocycles. The van der Waals surface area contributed by atoms with Gasteiger partial charge in [-0.25, -0.2) is 20.2 Å². The summed E-state index contributed by atoms with van der Waals surface area (Å²) in [5.41, 5.74) is 5.83.